The molecule has 3 heterocycles. The number of hydrogen-bond acceptors (Lipinski definition) is 5. The molecule has 27 heavy (non-hydrogen) atoms. The first-order valence-electron chi connectivity index (χ1n) is 8.85. The fourth-order valence-electron chi connectivity index (χ4n) is 3.96. The highest BCUT2D eigenvalue weighted by Gasteiger charge is 2.56. The highest BCUT2D eigenvalue weighted by atomic mass is 32.2. The first-order valence-corrected chi connectivity index (χ1v) is 11.3. The van der Waals surface area contributed by atoms with Gasteiger partial charge in [0.15, 0.2) is 4.87 Å². The Labute approximate surface area is 161 Å². The quantitative estimate of drug-likeness (QED) is 0.730. The van der Waals surface area contributed by atoms with Crippen LogP contribution in [0.15, 0.2) is 29.2 Å². The van der Waals surface area contributed by atoms with Crippen molar-refractivity contribution >= 4 is 33.6 Å². The summed E-state index contributed by atoms with van der Waals surface area (Å²) in [6, 6.07) is 5.29. The number of nitrogens with zero attached hydrogens (tertiary/aromatic N) is 3. The molecule has 1 atom stereocenters. The van der Waals surface area contributed by atoms with Crippen LogP contribution in [0.4, 0.5) is 4.39 Å². The number of thioether (sulfide) groups is 1. The molecule has 0 aliphatic carbocycles. The lowest BCUT2D eigenvalue weighted by atomic mass is 10.1. The van der Waals surface area contributed by atoms with Crippen molar-refractivity contribution in [2.24, 2.45) is 0 Å². The topological polar surface area (TPSA) is 78.0 Å². The Hall–Kier alpha value is -1.65. The third kappa shape index (κ3) is 2.94. The van der Waals surface area contributed by atoms with Crippen LogP contribution in [0.3, 0.4) is 0 Å². The van der Waals surface area contributed by atoms with Crippen LogP contribution >= 0.6 is 11.8 Å². The van der Waals surface area contributed by atoms with Crippen LogP contribution in [0.25, 0.3) is 0 Å². The molecular formula is C17H20FN3O4S2. The van der Waals surface area contributed by atoms with E-state index in [0.29, 0.717) is 19.4 Å². The molecule has 0 bridgehead atoms. The van der Waals surface area contributed by atoms with E-state index in [0.717, 1.165) is 11.8 Å². The molecule has 0 N–H and O–H groups in total. The fraction of sp³-hybridized carbons (Fsp3) is 0.529. The van der Waals surface area contributed by atoms with E-state index < -0.39 is 20.7 Å². The first kappa shape index (κ1) is 18.7. The predicted molar refractivity (Wildman–Crippen MR) is 97.9 cm³/mol. The van der Waals surface area contributed by atoms with Crippen molar-refractivity contribution in [1.29, 1.82) is 0 Å². The van der Waals surface area contributed by atoms with E-state index in [-0.39, 0.29) is 42.9 Å². The summed E-state index contributed by atoms with van der Waals surface area (Å²) in [6.07, 6.45) is 0.878. The van der Waals surface area contributed by atoms with Gasteiger partial charge in [-0.25, -0.2) is 12.8 Å². The molecule has 10 heteroatoms. The van der Waals surface area contributed by atoms with Gasteiger partial charge in [0, 0.05) is 44.9 Å². The van der Waals surface area contributed by atoms with E-state index in [1.165, 1.54) is 34.3 Å². The number of halogens is 1. The number of fused-ring (bicyclic) bond motifs is 1. The number of hydrogen-bond donors (Lipinski definition) is 0. The molecule has 4 rings (SSSR count). The summed E-state index contributed by atoms with van der Waals surface area (Å²) < 4.78 is 40.5. The molecule has 3 fully saturated rings. The van der Waals surface area contributed by atoms with Gasteiger partial charge in [-0.3, -0.25) is 9.59 Å². The minimum absolute atomic E-state index is 0.00844. The lowest BCUT2D eigenvalue weighted by molar-refractivity contribution is -0.143. The molecule has 0 aromatic heterocycles. The van der Waals surface area contributed by atoms with Gasteiger partial charge >= 0.3 is 0 Å². The molecular weight excluding hydrogens is 393 g/mol. The number of piperazine rings is 1. The Morgan fingerprint density at radius 2 is 1.81 bits per heavy atom. The van der Waals surface area contributed by atoms with Crippen molar-refractivity contribution in [2.75, 3.05) is 38.5 Å². The molecule has 0 saturated carbocycles. The van der Waals surface area contributed by atoms with Crippen molar-refractivity contribution in [3.05, 3.63) is 30.1 Å². The van der Waals surface area contributed by atoms with Gasteiger partial charge < -0.3 is 9.80 Å². The summed E-state index contributed by atoms with van der Waals surface area (Å²) in [5.41, 5.74) is 0. The first-order chi connectivity index (χ1) is 12.9. The molecule has 3 aliphatic heterocycles. The summed E-state index contributed by atoms with van der Waals surface area (Å²) >= 11 is 1.50. The van der Waals surface area contributed by atoms with E-state index >= 15 is 0 Å². The normalized spacial score (nSPS) is 26.5. The molecule has 3 aliphatic rings. The molecule has 146 valence electrons. The molecule has 0 spiro atoms. The van der Waals surface area contributed by atoms with E-state index in [2.05, 4.69) is 0 Å². The largest absolute Gasteiger partial charge is 0.337 e. The molecule has 0 radical (unpaired) electrons. The van der Waals surface area contributed by atoms with Gasteiger partial charge in [-0.1, -0.05) is 12.1 Å². The minimum atomic E-state index is -3.94. The molecule has 0 unspecified atom stereocenters. The SMILES string of the molecule is O=C1CC[C@]2(C(=O)N3CCN(S(=O)(=O)c4ccccc4F)CC3)SCCN12. The smallest absolute Gasteiger partial charge is 0.259 e. The van der Waals surface area contributed by atoms with Crippen LogP contribution in [-0.2, 0) is 19.6 Å². The van der Waals surface area contributed by atoms with Crippen LogP contribution in [0.1, 0.15) is 12.8 Å². The van der Waals surface area contributed by atoms with Crippen molar-refractivity contribution in [3.8, 4) is 0 Å². The zero-order valence-corrected chi connectivity index (χ0v) is 16.3. The van der Waals surface area contributed by atoms with Crippen molar-refractivity contribution in [3.63, 3.8) is 0 Å². The Morgan fingerprint density at radius 3 is 2.52 bits per heavy atom. The standard InChI is InChI=1S/C17H20FN3O4S2/c18-13-3-1-2-4-14(13)27(24,25)20-9-7-19(8-10-20)16(23)17-6-5-15(22)21(17)11-12-26-17/h1-4H,5-12H2/t17-/m1/s1. The number of benzene rings is 1. The van der Waals surface area contributed by atoms with E-state index in [9.17, 15) is 22.4 Å². The van der Waals surface area contributed by atoms with Gasteiger partial charge in [0.2, 0.25) is 15.9 Å². The van der Waals surface area contributed by atoms with E-state index in [4.69, 9.17) is 0 Å². The highest BCUT2D eigenvalue weighted by molar-refractivity contribution is 8.01. The maximum Gasteiger partial charge on any atom is 0.259 e. The third-order valence-electron chi connectivity index (χ3n) is 5.39. The van der Waals surface area contributed by atoms with Gasteiger partial charge in [-0.15, -0.1) is 11.8 Å². The molecule has 2 amide bonds. The Balaban J connectivity index is 1.47. The number of amides is 2. The van der Waals surface area contributed by atoms with Crippen LogP contribution in [0.5, 0.6) is 0 Å². The second-order valence-electron chi connectivity index (χ2n) is 6.80. The maximum absolute atomic E-state index is 13.9. The average Bonchev–Trinajstić information content (AvgIpc) is 3.23. The Bertz CT molecular complexity index is 886. The average molecular weight is 413 g/mol. The van der Waals surface area contributed by atoms with E-state index in [1.54, 1.807) is 9.80 Å². The predicted octanol–water partition coefficient (Wildman–Crippen LogP) is 0.724. The Morgan fingerprint density at radius 1 is 1.11 bits per heavy atom. The van der Waals surface area contributed by atoms with Crippen molar-refractivity contribution in [1.82, 2.24) is 14.1 Å². The third-order valence-corrected chi connectivity index (χ3v) is 8.78. The van der Waals surface area contributed by atoms with Crippen LogP contribution in [0, 0.1) is 5.82 Å². The summed E-state index contributed by atoms with van der Waals surface area (Å²) in [7, 11) is -3.94. The zero-order valence-electron chi connectivity index (χ0n) is 14.6. The second-order valence-corrected chi connectivity index (χ2v) is 10.1. The summed E-state index contributed by atoms with van der Waals surface area (Å²) in [4.78, 5) is 27.3. The second kappa shape index (κ2) is 6.75. The van der Waals surface area contributed by atoms with Crippen molar-refractivity contribution < 1.29 is 22.4 Å². The number of carbonyl (C=O) groups is 2. The van der Waals surface area contributed by atoms with Gasteiger partial charge in [0.1, 0.15) is 10.7 Å². The molecule has 1 aromatic carbocycles. The highest BCUT2D eigenvalue weighted by Crippen LogP contribution is 2.46. The Kier molecular flexibility index (Phi) is 4.68. The van der Waals surface area contributed by atoms with Gasteiger partial charge in [0.25, 0.3) is 5.91 Å². The van der Waals surface area contributed by atoms with Gasteiger partial charge in [-0.05, 0) is 18.6 Å². The van der Waals surface area contributed by atoms with E-state index in [1.807, 2.05) is 0 Å². The maximum atomic E-state index is 13.9. The summed E-state index contributed by atoms with van der Waals surface area (Å²) in [5, 5.41) is 0. The summed E-state index contributed by atoms with van der Waals surface area (Å²) in [6.45, 7) is 1.26. The van der Waals surface area contributed by atoms with Crippen LogP contribution in [0.2, 0.25) is 0 Å². The summed E-state index contributed by atoms with van der Waals surface area (Å²) in [5.74, 6) is -0.149. The van der Waals surface area contributed by atoms with Crippen LogP contribution in [-0.4, -0.2) is 77.7 Å². The lowest BCUT2D eigenvalue weighted by Crippen LogP contribution is -2.58. The fourth-order valence-corrected chi connectivity index (χ4v) is 6.91. The molecule has 1 aromatic rings. The number of sulfonamides is 1. The van der Waals surface area contributed by atoms with Crippen LogP contribution < -0.4 is 0 Å². The van der Waals surface area contributed by atoms with Gasteiger partial charge in [-0.2, -0.15) is 4.31 Å². The lowest BCUT2D eigenvalue weighted by Gasteiger charge is -2.39. The molecule has 3 saturated heterocycles. The minimum Gasteiger partial charge on any atom is -0.337 e. The monoisotopic (exact) mass is 413 g/mol. The molecule has 7 nitrogen and oxygen atoms in total. The number of rotatable bonds is 3. The zero-order chi connectivity index (χ0) is 19.2. The van der Waals surface area contributed by atoms with Crippen molar-refractivity contribution in [2.45, 2.75) is 22.6 Å². The van der Waals surface area contributed by atoms with Gasteiger partial charge in [0.05, 0.1) is 0 Å². The number of carbonyl (C=O) groups excluding carboxylic acids is 2.